The minimum atomic E-state index is -0.386. The molecule has 2 atom stereocenters. The van der Waals surface area contributed by atoms with Gasteiger partial charge in [0, 0.05) is 11.5 Å². The molecule has 3 heteroatoms. The van der Waals surface area contributed by atoms with Crippen LogP contribution in [0.3, 0.4) is 0 Å². The fraction of sp³-hybridized carbons (Fsp3) is 0.188. The van der Waals surface area contributed by atoms with Crippen molar-refractivity contribution in [2.45, 2.75) is 12.3 Å². The van der Waals surface area contributed by atoms with Crippen molar-refractivity contribution in [1.82, 2.24) is 0 Å². The molecule has 2 aromatic carbocycles. The van der Waals surface area contributed by atoms with E-state index in [0.29, 0.717) is 16.0 Å². The second-order valence-electron chi connectivity index (χ2n) is 4.85. The van der Waals surface area contributed by atoms with Gasteiger partial charge in [-0.05, 0) is 46.0 Å². The number of Topliss-reactive ketones (excluding diaryl/α,β-unsaturated/α-hetero) is 1. The van der Waals surface area contributed by atoms with Crippen LogP contribution in [0, 0.1) is 11.7 Å². The van der Waals surface area contributed by atoms with Crippen LogP contribution in [-0.4, -0.2) is 5.78 Å². The predicted molar refractivity (Wildman–Crippen MR) is 75.7 cm³/mol. The lowest BCUT2D eigenvalue weighted by molar-refractivity contribution is 0.0965. The first-order valence-corrected chi connectivity index (χ1v) is 7.00. The van der Waals surface area contributed by atoms with Gasteiger partial charge in [-0.15, -0.1) is 0 Å². The van der Waals surface area contributed by atoms with Crippen LogP contribution in [0.2, 0.25) is 0 Å². The Morgan fingerprint density at radius 3 is 2.58 bits per heavy atom. The SMILES string of the molecule is O=C(c1ccc(Br)c(F)c1)C1CC1c1ccccc1. The molecule has 0 radical (unpaired) electrons. The number of carbonyl (C=O) groups excluding carboxylic acids is 1. The van der Waals surface area contributed by atoms with Gasteiger partial charge in [0.05, 0.1) is 4.47 Å². The monoisotopic (exact) mass is 318 g/mol. The molecular formula is C16H12BrFO. The molecule has 0 spiro atoms. The summed E-state index contributed by atoms with van der Waals surface area (Å²) in [4.78, 5) is 12.3. The number of hydrogen-bond donors (Lipinski definition) is 0. The van der Waals surface area contributed by atoms with Crippen LogP contribution >= 0.6 is 15.9 Å². The van der Waals surface area contributed by atoms with Gasteiger partial charge in [0.15, 0.2) is 5.78 Å². The zero-order chi connectivity index (χ0) is 13.4. The number of rotatable bonds is 3. The summed E-state index contributed by atoms with van der Waals surface area (Å²) in [5, 5.41) is 0. The summed E-state index contributed by atoms with van der Waals surface area (Å²) in [5.74, 6) is -0.0496. The zero-order valence-corrected chi connectivity index (χ0v) is 11.7. The normalized spacial score (nSPS) is 21.2. The highest BCUT2D eigenvalue weighted by Crippen LogP contribution is 2.49. The largest absolute Gasteiger partial charge is 0.294 e. The van der Waals surface area contributed by atoms with Crippen LogP contribution in [0.25, 0.3) is 0 Å². The summed E-state index contributed by atoms with van der Waals surface area (Å²) in [5.41, 5.74) is 1.66. The molecule has 1 aliphatic rings. The van der Waals surface area contributed by atoms with Crippen LogP contribution in [0.4, 0.5) is 4.39 Å². The van der Waals surface area contributed by atoms with Crippen LogP contribution in [0.15, 0.2) is 53.0 Å². The highest BCUT2D eigenvalue weighted by molar-refractivity contribution is 9.10. The van der Waals surface area contributed by atoms with Gasteiger partial charge >= 0.3 is 0 Å². The molecule has 0 saturated heterocycles. The number of benzene rings is 2. The van der Waals surface area contributed by atoms with E-state index in [-0.39, 0.29) is 17.5 Å². The summed E-state index contributed by atoms with van der Waals surface area (Å²) >= 11 is 3.09. The number of hydrogen-bond acceptors (Lipinski definition) is 1. The molecule has 0 heterocycles. The van der Waals surface area contributed by atoms with Gasteiger partial charge in [0.25, 0.3) is 0 Å². The topological polar surface area (TPSA) is 17.1 Å². The van der Waals surface area contributed by atoms with Crippen molar-refractivity contribution in [3.8, 4) is 0 Å². The third-order valence-corrected chi connectivity index (χ3v) is 4.20. The molecule has 0 bridgehead atoms. The smallest absolute Gasteiger partial charge is 0.166 e. The van der Waals surface area contributed by atoms with Crippen LogP contribution in [0.1, 0.15) is 28.3 Å². The Bertz CT molecular complexity index is 624. The standard InChI is InChI=1S/C16H12BrFO/c17-14-7-6-11(8-15(14)18)16(19)13-9-12(13)10-4-2-1-3-5-10/h1-8,12-13H,9H2. The van der Waals surface area contributed by atoms with E-state index < -0.39 is 0 Å². The molecular weight excluding hydrogens is 307 g/mol. The van der Waals surface area contributed by atoms with Gasteiger partial charge in [-0.2, -0.15) is 0 Å². The van der Waals surface area contributed by atoms with E-state index in [9.17, 15) is 9.18 Å². The highest BCUT2D eigenvalue weighted by atomic mass is 79.9. The molecule has 1 fully saturated rings. The van der Waals surface area contributed by atoms with Gasteiger partial charge < -0.3 is 0 Å². The molecule has 3 rings (SSSR count). The van der Waals surface area contributed by atoms with Crippen LogP contribution in [0.5, 0.6) is 0 Å². The van der Waals surface area contributed by atoms with Crippen molar-refractivity contribution in [1.29, 1.82) is 0 Å². The first-order valence-electron chi connectivity index (χ1n) is 6.21. The second-order valence-corrected chi connectivity index (χ2v) is 5.71. The highest BCUT2D eigenvalue weighted by Gasteiger charge is 2.43. The minimum Gasteiger partial charge on any atom is -0.294 e. The van der Waals surface area contributed by atoms with E-state index in [1.165, 1.54) is 11.6 Å². The van der Waals surface area contributed by atoms with E-state index in [1.807, 2.05) is 30.3 Å². The predicted octanol–water partition coefficient (Wildman–Crippen LogP) is 4.57. The fourth-order valence-electron chi connectivity index (χ4n) is 2.42. The molecule has 0 aromatic heterocycles. The first kappa shape index (κ1) is 12.5. The number of halogens is 2. The maximum atomic E-state index is 13.4. The molecule has 2 aromatic rings. The molecule has 1 saturated carbocycles. The third-order valence-electron chi connectivity index (χ3n) is 3.56. The average Bonchev–Trinajstić information content (AvgIpc) is 3.22. The lowest BCUT2D eigenvalue weighted by atomic mass is 10.0. The Morgan fingerprint density at radius 2 is 1.89 bits per heavy atom. The molecule has 1 nitrogen and oxygen atoms in total. The van der Waals surface area contributed by atoms with Gasteiger partial charge in [-0.3, -0.25) is 4.79 Å². The Morgan fingerprint density at radius 1 is 1.16 bits per heavy atom. The van der Waals surface area contributed by atoms with Crippen molar-refractivity contribution in [3.63, 3.8) is 0 Å². The van der Waals surface area contributed by atoms with Gasteiger partial charge in [-0.25, -0.2) is 4.39 Å². The third kappa shape index (κ3) is 2.47. The zero-order valence-electron chi connectivity index (χ0n) is 10.1. The Balaban J connectivity index is 1.78. The van der Waals surface area contributed by atoms with Crippen molar-refractivity contribution in [2.75, 3.05) is 0 Å². The van der Waals surface area contributed by atoms with Crippen LogP contribution in [-0.2, 0) is 0 Å². The van der Waals surface area contributed by atoms with Crippen molar-refractivity contribution >= 4 is 21.7 Å². The molecule has 0 N–H and O–H groups in total. The average molecular weight is 319 g/mol. The first-order chi connectivity index (χ1) is 9.16. The van der Waals surface area contributed by atoms with E-state index in [2.05, 4.69) is 15.9 Å². The lowest BCUT2D eigenvalue weighted by Crippen LogP contribution is -2.03. The quantitative estimate of drug-likeness (QED) is 0.757. The molecule has 96 valence electrons. The van der Waals surface area contributed by atoms with E-state index in [4.69, 9.17) is 0 Å². The number of carbonyl (C=O) groups is 1. The summed E-state index contributed by atoms with van der Waals surface area (Å²) < 4.78 is 13.8. The van der Waals surface area contributed by atoms with E-state index >= 15 is 0 Å². The fourth-order valence-corrected chi connectivity index (χ4v) is 2.66. The second kappa shape index (κ2) is 4.89. The minimum absolute atomic E-state index is 0.00276. The molecule has 1 aliphatic carbocycles. The maximum Gasteiger partial charge on any atom is 0.166 e. The Hall–Kier alpha value is -1.48. The van der Waals surface area contributed by atoms with Gasteiger partial charge in [0.2, 0.25) is 0 Å². The number of ketones is 1. The maximum absolute atomic E-state index is 13.4. The summed E-state index contributed by atoms with van der Waals surface area (Å²) in [7, 11) is 0. The lowest BCUT2D eigenvalue weighted by Gasteiger charge is -2.02. The van der Waals surface area contributed by atoms with Gasteiger partial charge in [0.1, 0.15) is 5.82 Å². The van der Waals surface area contributed by atoms with Gasteiger partial charge in [-0.1, -0.05) is 36.4 Å². The molecule has 0 amide bonds. The van der Waals surface area contributed by atoms with Crippen molar-refractivity contribution < 1.29 is 9.18 Å². The van der Waals surface area contributed by atoms with Crippen molar-refractivity contribution in [2.24, 2.45) is 5.92 Å². The van der Waals surface area contributed by atoms with E-state index in [1.54, 1.807) is 12.1 Å². The Labute approximate surface area is 119 Å². The van der Waals surface area contributed by atoms with E-state index in [0.717, 1.165) is 6.42 Å². The summed E-state index contributed by atoms with van der Waals surface area (Å²) in [6.45, 7) is 0. The van der Waals surface area contributed by atoms with Crippen molar-refractivity contribution in [3.05, 3.63) is 69.9 Å². The molecule has 19 heavy (non-hydrogen) atoms. The van der Waals surface area contributed by atoms with Crippen LogP contribution < -0.4 is 0 Å². The Kier molecular flexibility index (Phi) is 3.23. The molecule has 2 unspecified atom stereocenters. The molecule has 0 aliphatic heterocycles. The summed E-state index contributed by atoms with van der Waals surface area (Å²) in [6.07, 6.45) is 0.862. The summed E-state index contributed by atoms with van der Waals surface area (Å²) in [6, 6.07) is 14.6.